The molecular weight excluding hydrogens is 321 g/mol. The summed E-state index contributed by atoms with van der Waals surface area (Å²) < 4.78 is 41.4. The highest BCUT2D eigenvalue weighted by atomic mass is 19.2. The molecule has 0 aromatic heterocycles. The van der Waals surface area contributed by atoms with Crippen LogP contribution >= 0.6 is 0 Å². The molecule has 0 N–H and O–H groups in total. The Balaban J connectivity index is 1.90. The molecule has 0 heterocycles. The van der Waals surface area contributed by atoms with Gasteiger partial charge in [-0.15, -0.1) is 0 Å². The minimum Gasteiger partial charge on any atom is -0.206 e. The normalized spacial score (nSPS) is 11.2. The molecule has 25 heavy (non-hydrogen) atoms. The minimum atomic E-state index is -0.973. The molecule has 0 bridgehead atoms. The highest BCUT2D eigenvalue weighted by Crippen LogP contribution is 2.30. The quantitative estimate of drug-likeness (QED) is 0.421. The maximum Gasteiger partial charge on any atom is 0.159 e. The fourth-order valence-corrected chi connectivity index (χ4v) is 3.14. The third kappa shape index (κ3) is 3.87. The Morgan fingerprint density at radius 3 is 2.36 bits per heavy atom. The maximum atomic E-state index is 14.9. The number of benzene rings is 3. The molecule has 3 aromatic rings. The van der Waals surface area contributed by atoms with Gasteiger partial charge in [0.25, 0.3) is 0 Å². The van der Waals surface area contributed by atoms with Gasteiger partial charge < -0.3 is 0 Å². The Labute approximate surface area is 146 Å². The Morgan fingerprint density at radius 1 is 0.760 bits per heavy atom. The second-order valence-electron chi connectivity index (χ2n) is 6.42. The molecule has 0 unspecified atom stereocenters. The summed E-state index contributed by atoms with van der Waals surface area (Å²) in [4.78, 5) is 0. The summed E-state index contributed by atoms with van der Waals surface area (Å²) in [5.74, 6) is -2.31. The van der Waals surface area contributed by atoms with Crippen LogP contribution in [0.5, 0.6) is 0 Å². The summed E-state index contributed by atoms with van der Waals surface area (Å²) in [5.41, 5.74) is 1.81. The van der Waals surface area contributed by atoms with Gasteiger partial charge in [0.2, 0.25) is 0 Å². The second kappa shape index (κ2) is 7.73. The topological polar surface area (TPSA) is 0 Å². The molecule has 0 saturated heterocycles. The fourth-order valence-electron chi connectivity index (χ4n) is 3.14. The molecule has 3 heteroatoms. The van der Waals surface area contributed by atoms with Gasteiger partial charge >= 0.3 is 0 Å². The van der Waals surface area contributed by atoms with Crippen LogP contribution < -0.4 is 0 Å². The van der Waals surface area contributed by atoms with Gasteiger partial charge in [0.15, 0.2) is 11.6 Å². The van der Waals surface area contributed by atoms with Crippen molar-refractivity contribution in [2.75, 3.05) is 0 Å². The first-order valence-corrected chi connectivity index (χ1v) is 8.76. The van der Waals surface area contributed by atoms with Crippen LogP contribution in [0.3, 0.4) is 0 Å². The monoisotopic (exact) mass is 342 g/mol. The number of hydrogen-bond acceptors (Lipinski definition) is 0. The molecule has 0 saturated carbocycles. The molecule has 3 aromatic carbocycles. The average Bonchev–Trinajstić information content (AvgIpc) is 2.61. The molecule has 0 aliphatic carbocycles. The van der Waals surface area contributed by atoms with Crippen molar-refractivity contribution in [3.05, 3.63) is 71.5 Å². The van der Waals surface area contributed by atoms with Gasteiger partial charge in [0, 0.05) is 10.9 Å². The summed E-state index contributed by atoms with van der Waals surface area (Å²) in [7, 11) is 0. The van der Waals surface area contributed by atoms with E-state index in [1.165, 1.54) is 30.9 Å². The van der Waals surface area contributed by atoms with Gasteiger partial charge in [0.05, 0.1) is 0 Å². The Bertz CT molecular complexity index is 884. The zero-order valence-corrected chi connectivity index (χ0v) is 14.3. The van der Waals surface area contributed by atoms with Crippen molar-refractivity contribution in [2.24, 2.45) is 0 Å². The van der Waals surface area contributed by atoms with Gasteiger partial charge in [-0.2, -0.15) is 0 Å². The smallest absolute Gasteiger partial charge is 0.159 e. The lowest BCUT2D eigenvalue weighted by Crippen LogP contribution is -1.92. The molecule has 0 aliphatic heterocycles. The average molecular weight is 342 g/mol. The van der Waals surface area contributed by atoms with Crippen molar-refractivity contribution in [1.82, 2.24) is 0 Å². The summed E-state index contributed by atoms with van der Waals surface area (Å²) >= 11 is 0. The fraction of sp³-hybridized carbons (Fsp3) is 0.273. The summed E-state index contributed by atoms with van der Waals surface area (Å²) in [5, 5.41) is 1.33. The van der Waals surface area contributed by atoms with Crippen molar-refractivity contribution >= 4 is 10.8 Å². The third-order valence-corrected chi connectivity index (χ3v) is 4.57. The molecule has 0 radical (unpaired) electrons. The SMILES string of the molecule is CCCCCCc1ccc2c(F)c(-c3ccc(F)c(F)c3)ccc2c1. The first-order chi connectivity index (χ1) is 12.1. The van der Waals surface area contributed by atoms with Gasteiger partial charge in [0.1, 0.15) is 5.82 Å². The van der Waals surface area contributed by atoms with Gasteiger partial charge in [-0.05, 0) is 41.5 Å². The first-order valence-electron chi connectivity index (χ1n) is 8.76. The van der Waals surface area contributed by atoms with E-state index in [0.717, 1.165) is 30.4 Å². The summed E-state index contributed by atoms with van der Waals surface area (Å²) in [6.45, 7) is 2.18. The van der Waals surface area contributed by atoms with E-state index >= 15 is 0 Å². The lowest BCUT2D eigenvalue weighted by molar-refractivity contribution is 0.509. The third-order valence-electron chi connectivity index (χ3n) is 4.57. The predicted molar refractivity (Wildman–Crippen MR) is 97.1 cm³/mol. The van der Waals surface area contributed by atoms with Crippen molar-refractivity contribution in [1.29, 1.82) is 0 Å². The number of aryl methyl sites for hydroxylation is 1. The van der Waals surface area contributed by atoms with Crippen LogP contribution in [0.15, 0.2) is 48.5 Å². The number of halogens is 3. The van der Waals surface area contributed by atoms with Gasteiger partial charge in [-0.3, -0.25) is 0 Å². The highest BCUT2D eigenvalue weighted by Gasteiger charge is 2.12. The van der Waals surface area contributed by atoms with E-state index in [-0.39, 0.29) is 5.56 Å². The van der Waals surface area contributed by atoms with Crippen LogP contribution in [0.2, 0.25) is 0 Å². The first kappa shape index (κ1) is 17.5. The molecule has 0 fully saturated rings. The van der Waals surface area contributed by atoms with Crippen molar-refractivity contribution < 1.29 is 13.2 Å². The van der Waals surface area contributed by atoms with E-state index in [9.17, 15) is 13.2 Å². The zero-order valence-electron chi connectivity index (χ0n) is 14.3. The van der Waals surface area contributed by atoms with E-state index in [1.807, 2.05) is 18.2 Å². The van der Waals surface area contributed by atoms with Crippen LogP contribution in [-0.2, 0) is 6.42 Å². The predicted octanol–water partition coefficient (Wildman–Crippen LogP) is 7.05. The van der Waals surface area contributed by atoms with E-state index in [4.69, 9.17) is 0 Å². The molecule has 0 nitrogen and oxygen atoms in total. The largest absolute Gasteiger partial charge is 0.206 e. The molecule has 0 spiro atoms. The molecule has 0 aliphatic rings. The molecule has 3 rings (SSSR count). The summed E-state index contributed by atoms with van der Waals surface area (Å²) in [6, 6.07) is 12.7. The van der Waals surface area contributed by atoms with Crippen LogP contribution in [0.4, 0.5) is 13.2 Å². The number of unbranched alkanes of at least 4 members (excludes halogenated alkanes) is 3. The van der Waals surface area contributed by atoms with E-state index in [1.54, 1.807) is 12.1 Å². The second-order valence-corrected chi connectivity index (χ2v) is 6.42. The van der Waals surface area contributed by atoms with Crippen molar-refractivity contribution in [3.63, 3.8) is 0 Å². The number of fused-ring (bicyclic) bond motifs is 1. The molecule has 0 amide bonds. The van der Waals surface area contributed by atoms with Gasteiger partial charge in [-0.1, -0.05) is 62.6 Å². The summed E-state index contributed by atoms with van der Waals surface area (Å²) in [6.07, 6.45) is 5.77. The highest BCUT2D eigenvalue weighted by molar-refractivity contribution is 5.88. The minimum absolute atomic E-state index is 0.280. The Hall–Kier alpha value is -2.29. The molecule has 0 atom stereocenters. The Kier molecular flexibility index (Phi) is 5.42. The van der Waals surface area contributed by atoms with Crippen molar-refractivity contribution in [2.45, 2.75) is 39.0 Å². The van der Waals surface area contributed by atoms with E-state index in [0.29, 0.717) is 10.9 Å². The van der Waals surface area contributed by atoms with E-state index in [2.05, 4.69) is 6.92 Å². The lowest BCUT2D eigenvalue weighted by Gasteiger charge is -2.09. The van der Waals surface area contributed by atoms with Crippen LogP contribution in [-0.4, -0.2) is 0 Å². The van der Waals surface area contributed by atoms with Crippen LogP contribution in [0.25, 0.3) is 21.9 Å². The van der Waals surface area contributed by atoms with Crippen LogP contribution in [0, 0.1) is 17.5 Å². The van der Waals surface area contributed by atoms with Gasteiger partial charge in [-0.25, -0.2) is 13.2 Å². The molecule has 130 valence electrons. The Morgan fingerprint density at radius 2 is 1.60 bits per heavy atom. The molecular formula is C22H21F3. The zero-order chi connectivity index (χ0) is 17.8. The lowest BCUT2D eigenvalue weighted by atomic mass is 9.97. The van der Waals surface area contributed by atoms with Crippen molar-refractivity contribution in [3.8, 4) is 11.1 Å². The van der Waals surface area contributed by atoms with Crippen LogP contribution in [0.1, 0.15) is 38.2 Å². The standard InChI is InChI=1S/C22H21F3/c1-2-3-4-5-6-15-7-10-18-16(13-15)8-11-19(22(18)25)17-9-12-20(23)21(24)14-17/h7-14H,2-6H2,1H3. The maximum absolute atomic E-state index is 14.9. The van der Waals surface area contributed by atoms with E-state index < -0.39 is 17.5 Å². The number of rotatable bonds is 6. The number of hydrogen-bond donors (Lipinski definition) is 0.